The molecule has 0 aliphatic rings. The minimum atomic E-state index is 0.247. The second-order valence-electron chi connectivity index (χ2n) is 4.41. The van der Waals surface area contributed by atoms with Crippen LogP contribution in [-0.4, -0.2) is 12.3 Å². The maximum atomic E-state index is 5.45. The molecular formula is C12H19NS. The first-order chi connectivity index (χ1) is 6.54. The lowest BCUT2D eigenvalue weighted by molar-refractivity contribution is 0.590. The summed E-state index contributed by atoms with van der Waals surface area (Å²) < 4.78 is 0. The highest BCUT2D eigenvalue weighted by molar-refractivity contribution is 7.99. The van der Waals surface area contributed by atoms with Gasteiger partial charge in [0.05, 0.1) is 0 Å². The second kappa shape index (κ2) is 4.85. The van der Waals surface area contributed by atoms with Crippen LogP contribution >= 0.6 is 11.8 Å². The maximum Gasteiger partial charge on any atom is 0.0103 e. The SMILES string of the molecule is CC(C)(C)c1ccc(SCCN)cc1. The highest BCUT2D eigenvalue weighted by Crippen LogP contribution is 2.25. The van der Waals surface area contributed by atoms with Gasteiger partial charge in [0.25, 0.3) is 0 Å². The summed E-state index contributed by atoms with van der Waals surface area (Å²) in [4.78, 5) is 1.31. The van der Waals surface area contributed by atoms with Gasteiger partial charge in [-0.25, -0.2) is 0 Å². The van der Waals surface area contributed by atoms with E-state index in [-0.39, 0.29) is 5.41 Å². The molecule has 78 valence electrons. The number of rotatable bonds is 3. The van der Waals surface area contributed by atoms with E-state index in [1.807, 2.05) is 11.8 Å². The molecule has 0 bridgehead atoms. The molecule has 2 N–H and O–H groups in total. The van der Waals surface area contributed by atoms with Gasteiger partial charge in [-0.3, -0.25) is 0 Å². The lowest BCUT2D eigenvalue weighted by Crippen LogP contribution is -2.10. The Morgan fingerprint density at radius 3 is 2.14 bits per heavy atom. The van der Waals surface area contributed by atoms with E-state index in [9.17, 15) is 0 Å². The lowest BCUT2D eigenvalue weighted by Gasteiger charge is -2.18. The van der Waals surface area contributed by atoms with Crippen molar-refractivity contribution in [3.8, 4) is 0 Å². The van der Waals surface area contributed by atoms with Gasteiger partial charge in [-0.2, -0.15) is 0 Å². The second-order valence-corrected chi connectivity index (χ2v) is 5.58. The molecule has 2 heteroatoms. The van der Waals surface area contributed by atoms with Gasteiger partial charge in [0.1, 0.15) is 0 Å². The van der Waals surface area contributed by atoms with Crippen molar-refractivity contribution in [1.29, 1.82) is 0 Å². The van der Waals surface area contributed by atoms with Gasteiger partial charge in [0.15, 0.2) is 0 Å². The van der Waals surface area contributed by atoms with Crippen LogP contribution in [0, 0.1) is 0 Å². The predicted octanol–water partition coefficient (Wildman–Crippen LogP) is 3.03. The fourth-order valence-electron chi connectivity index (χ4n) is 1.23. The first kappa shape index (κ1) is 11.6. The van der Waals surface area contributed by atoms with Crippen molar-refractivity contribution in [2.24, 2.45) is 5.73 Å². The molecule has 0 aromatic heterocycles. The van der Waals surface area contributed by atoms with Crippen LogP contribution in [0.1, 0.15) is 26.3 Å². The van der Waals surface area contributed by atoms with Crippen LogP contribution in [0.3, 0.4) is 0 Å². The summed E-state index contributed by atoms with van der Waals surface area (Å²) in [6, 6.07) is 8.78. The fraction of sp³-hybridized carbons (Fsp3) is 0.500. The van der Waals surface area contributed by atoms with Crippen LogP contribution in [0.2, 0.25) is 0 Å². The third-order valence-corrected chi connectivity index (χ3v) is 3.15. The van der Waals surface area contributed by atoms with Crippen LogP contribution < -0.4 is 5.73 Å². The number of hydrogen-bond donors (Lipinski definition) is 1. The van der Waals surface area contributed by atoms with Gasteiger partial charge in [-0.05, 0) is 23.1 Å². The molecule has 0 aliphatic heterocycles. The van der Waals surface area contributed by atoms with E-state index in [0.29, 0.717) is 0 Å². The Labute approximate surface area is 91.1 Å². The molecule has 0 unspecified atom stereocenters. The third-order valence-electron chi connectivity index (χ3n) is 2.11. The molecule has 0 saturated carbocycles. The number of nitrogens with two attached hydrogens (primary N) is 1. The van der Waals surface area contributed by atoms with Crippen LogP contribution in [0.15, 0.2) is 29.2 Å². The molecule has 14 heavy (non-hydrogen) atoms. The fourth-order valence-corrected chi connectivity index (χ4v) is 1.91. The van der Waals surface area contributed by atoms with E-state index in [1.54, 1.807) is 0 Å². The summed E-state index contributed by atoms with van der Waals surface area (Å²) in [5.74, 6) is 0.995. The van der Waals surface area contributed by atoms with Crippen molar-refractivity contribution in [1.82, 2.24) is 0 Å². The molecule has 0 fully saturated rings. The largest absolute Gasteiger partial charge is 0.330 e. The third kappa shape index (κ3) is 3.35. The lowest BCUT2D eigenvalue weighted by atomic mass is 9.87. The van der Waals surface area contributed by atoms with Crippen LogP contribution in [-0.2, 0) is 5.41 Å². The number of thioether (sulfide) groups is 1. The van der Waals surface area contributed by atoms with Gasteiger partial charge >= 0.3 is 0 Å². The molecule has 0 saturated heterocycles. The standard InChI is InChI=1S/C12H19NS/c1-12(2,3)10-4-6-11(7-5-10)14-9-8-13/h4-7H,8-9,13H2,1-3H3. The zero-order valence-corrected chi connectivity index (χ0v) is 10.0. The van der Waals surface area contributed by atoms with Gasteiger partial charge in [-0.1, -0.05) is 32.9 Å². The van der Waals surface area contributed by atoms with Crippen molar-refractivity contribution in [2.45, 2.75) is 31.1 Å². The predicted molar refractivity (Wildman–Crippen MR) is 64.9 cm³/mol. The maximum absolute atomic E-state index is 5.45. The Morgan fingerprint density at radius 2 is 1.71 bits per heavy atom. The molecule has 1 rings (SSSR count). The Balaban J connectivity index is 2.69. The van der Waals surface area contributed by atoms with Crippen LogP contribution in [0.5, 0.6) is 0 Å². The molecule has 1 aromatic rings. The molecule has 0 aliphatic carbocycles. The molecule has 0 spiro atoms. The van der Waals surface area contributed by atoms with E-state index in [0.717, 1.165) is 12.3 Å². The van der Waals surface area contributed by atoms with Crippen molar-refractivity contribution in [2.75, 3.05) is 12.3 Å². The zero-order chi connectivity index (χ0) is 10.6. The van der Waals surface area contributed by atoms with Crippen molar-refractivity contribution < 1.29 is 0 Å². The summed E-state index contributed by atoms with van der Waals surface area (Å²) in [7, 11) is 0. The Bertz CT molecular complexity index is 271. The van der Waals surface area contributed by atoms with Crippen LogP contribution in [0.4, 0.5) is 0 Å². The molecule has 1 aromatic carbocycles. The topological polar surface area (TPSA) is 26.0 Å². The average Bonchev–Trinajstić information content (AvgIpc) is 2.14. The van der Waals surface area contributed by atoms with E-state index < -0.39 is 0 Å². The normalized spacial score (nSPS) is 11.7. The smallest absolute Gasteiger partial charge is 0.0103 e. The molecule has 0 heterocycles. The van der Waals surface area contributed by atoms with Crippen LogP contribution in [0.25, 0.3) is 0 Å². The van der Waals surface area contributed by atoms with E-state index in [2.05, 4.69) is 45.0 Å². The van der Waals surface area contributed by atoms with Crippen molar-refractivity contribution in [3.05, 3.63) is 29.8 Å². The first-order valence-electron chi connectivity index (χ1n) is 4.97. The first-order valence-corrected chi connectivity index (χ1v) is 5.96. The molecular weight excluding hydrogens is 190 g/mol. The summed E-state index contributed by atoms with van der Waals surface area (Å²) >= 11 is 1.81. The van der Waals surface area contributed by atoms with E-state index >= 15 is 0 Å². The minimum absolute atomic E-state index is 0.247. The van der Waals surface area contributed by atoms with Gasteiger partial charge in [-0.15, -0.1) is 11.8 Å². The van der Waals surface area contributed by atoms with E-state index in [1.165, 1.54) is 10.5 Å². The van der Waals surface area contributed by atoms with Gasteiger partial charge < -0.3 is 5.73 Å². The minimum Gasteiger partial charge on any atom is -0.330 e. The van der Waals surface area contributed by atoms with Gasteiger partial charge in [0, 0.05) is 17.2 Å². The summed E-state index contributed by atoms with van der Waals surface area (Å²) in [6.07, 6.45) is 0. The Kier molecular flexibility index (Phi) is 4.02. The number of hydrogen-bond acceptors (Lipinski definition) is 2. The zero-order valence-electron chi connectivity index (χ0n) is 9.21. The highest BCUT2D eigenvalue weighted by Gasteiger charge is 2.12. The highest BCUT2D eigenvalue weighted by atomic mass is 32.2. The summed E-state index contributed by atoms with van der Waals surface area (Å²) in [5.41, 5.74) is 7.09. The molecule has 1 nitrogen and oxygen atoms in total. The molecule has 0 atom stereocenters. The summed E-state index contributed by atoms with van der Waals surface area (Å²) in [6.45, 7) is 7.44. The van der Waals surface area contributed by atoms with Crippen molar-refractivity contribution in [3.63, 3.8) is 0 Å². The van der Waals surface area contributed by atoms with E-state index in [4.69, 9.17) is 5.73 Å². The number of benzene rings is 1. The average molecular weight is 209 g/mol. The molecule has 0 radical (unpaired) electrons. The monoisotopic (exact) mass is 209 g/mol. The van der Waals surface area contributed by atoms with Gasteiger partial charge in [0.2, 0.25) is 0 Å². The Hall–Kier alpha value is -0.470. The molecule has 0 amide bonds. The quantitative estimate of drug-likeness (QED) is 0.774. The Morgan fingerprint density at radius 1 is 1.14 bits per heavy atom. The van der Waals surface area contributed by atoms with Crippen molar-refractivity contribution >= 4 is 11.8 Å². The summed E-state index contributed by atoms with van der Waals surface area (Å²) in [5, 5.41) is 0.